The van der Waals surface area contributed by atoms with Gasteiger partial charge in [-0.05, 0) is 19.1 Å². The third-order valence-electron chi connectivity index (χ3n) is 2.30. The summed E-state index contributed by atoms with van der Waals surface area (Å²) in [5.41, 5.74) is 0.316. The number of carbonyl (C=O) groups excluding carboxylic acids is 2. The molecule has 0 bridgehead atoms. The molecule has 6 heteroatoms. The van der Waals surface area contributed by atoms with Crippen molar-refractivity contribution in [1.82, 2.24) is 0 Å². The Morgan fingerprint density at radius 3 is 2.63 bits per heavy atom. The molecule has 104 valence electrons. The Hall–Kier alpha value is -2.11. The number of hydrogen-bond donors (Lipinski definition) is 1. The summed E-state index contributed by atoms with van der Waals surface area (Å²) in [6, 6.07) is 4.14. The van der Waals surface area contributed by atoms with Crippen molar-refractivity contribution in [2.45, 2.75) is 19.8 Å². The van der Waals surface area contributed by atoms with Crippen molar-refractivity contribution in [1.29, 1.82) is 0 Å². The van der Waals surface area contributed by atoms with Crippen LogP contribution in [0.15, 0.2) is 18.2 Å². The van der Waals surface area contributed by atoms with Gasteiger partial charge in [0.05, 0.1) is 20.1 Å². The highest BCUT2D eigenvalue weighted by atomic mass is 19.1. The average Bonchev–Trinajstić information content (AvgIpc) is 2.39. The van der Waals surface area contributed by atoms with Crippen LogP contribution in [0.4, 0.5) is 10.1 Å². The van der Waals surface area contributed by atoms with Gasteiger partial charge in [0.1, 0.15) is 0 Å². The van der Waals surface area contributed by atoms with E-state index in [4.69, 9.17) is 4.74 Å². The molecular formula is C13H16FNO4. The molecule has 5 nitrogen and oxygen atoms in total. The maximum absolute atomic E-state index is 13.5. The molecule has 0 aliphatic carbocycles. The van der Waals surface area contributed by atoms with Crippen LogP contribution < -0.4 is 10.1 Å². The minimum Gasteiger partial charge on any atom is -0.491 e. The van der Waals surface area contributed by atoms with Crippen LogP contribution in [0, 0.1) is 5.82 Å². The molecule has 0 heterocycles. The fraction of sp³-hybridized carbons (Fsp3) is 0.385. The zero-order chi connectivity index (χ0) is 14.3. The van der Waals surface area contributed by atoms with Gasteiger partial charge in [0.15, 0.2) is 11.6 Å². The largest absolute Gasteiger partial charge is 0.491 e. The van der Waals surface area contributed by atoms with Crippen LogP contribution >= 0.6 is 0 Å². The van der Waals surface area contributed by atoms with Crippen LogP contribution in [-0.2, 0) is 14.3 Å². The number of methoxy groups -OCH3 is 1. The molecule has 1 aromatic carbocycles. The van der Waals surface area contributed by atoms with Crippen molar-refractivity contribution in [3.8, 4) is 5.75 Å². The van der Waals surface area contributed by atoms with Gasteiger partial charge < -0.3 is 14.8 Å². The standard InChI is InChI=1S/C13H16FNO4/c1-3-19-11-5-4-9(8-10(11)14)15-12(16)6-7-13(17)18-2/h4-5,8H,3,6-7H2,1-2H3,(H,15,16). The van der Waals surface area contributed by atoms with Gasteiger partial charge in [-0.2, -0.15) is 0 Å². The molecule has 0 fully saturated rings. The topological polar surface area (TPSA) is 64.6 Å². The molecule has 0 saturated heterocycles. The number of ether oxygens (including phenoxy) is 2. The van der Waals surface area contributed by atoms with E-state index in [9.17, 15) is 14.0 Å². The Balaban J connectivity index is 2.55. The van der Waals surface area contributed by atoms with Crippen LogP contribution in [0.2, 0.25) is 0 Å². The number of amides is 1. The first kappa shape index (κ1) is 14.9. The fourth-order valence-electron chi connectivity index (χ4n) is 1.39. The first-order valence-electron chi connectivity index (χ1n) is 5.85. The van der Waals surface area contributed by atoms with Crippen molar-refractivity contribution in [2.24, 2.45) is 0 Å². The molecule has 0 aliphatic heterocycles. The number of nitrogens with one attached hydrogen (secondary N) is 1. The average molecular weight is 269 g/mol. The minimum atomic E-state index is -0.549. The quantitative estimate of drug-likeness (QED) is 0.803. The van der Waals surface area contributed by atoms with Crippen LogP contribution in [0.1, 0.15) is 19.8 Å². The first-order chi connectivity index (χ1) is 9.06. The number of carbonyl (C=O) groups is 2. The van der Waals surface area contributed by atoms with Gasteiger partial charge in [-0.3, -0.25) is 9.59 Å². The molecule has 0 aromatic heterocycles. The molecule has 1 aromatic rings. The van der Waals surface area contributed by atoms with Gasteiger partial charge in [-0.25, -0.2) is 4.39 Å². The van der Waals surface area contributed by atoms with Crippen molar-refractivity contribution in [3.63, 3.8) is 0 Å². The number of anilines is 1. The lowest BCUT2D eigenvalue weighted by molar-refractivity contribution is -0.141. The van der Waals surface area contributed by atoms with Crippen LogP contribution in [0.5, 0.6) is 5.75 Å². The molecule has 1 N–H and O–H groups in total. The Morgan fingerprint density at radius 2 is 2.05 bits per heavy atom. The molecule has 0 atom stereocenters. The Labute approximate surface area is 110 Å². The third-order valence-corrected chi connectivity index (χ3v) is 2.30. The molecule has 0 spiro atoms. The van der Waals surface area contributed by atoms with Crippen molar-refractivity contribution >= 4 is 17.6 Å². The molecular weight excluding hydrogens is 253 g/mol. The molecule has 0 unspecified atom stereocenters. The predicted molar refractivity (Wildman–Crippen MR) is 67.4 cm³/mol. The zero-order valence-electron chi connectivity index (χ0n) is 10.9. The van der Waals surface area contributed by atoms with Gasteiger partial charge >= 0.3 is 5.97 Å². The molecule has 1 amide bonds. The molecule has 1 rings (SSSR count). The van der Waals surface area contributed by atoms with Gasteiger partial charge in [0.25, 0.3) is 0 Å². The molecule has 19 heavy (non-hydrogen) atoms. The van der Waals surface area contributed by atoms with Crippen molar-refractivity contribution in [3.05, 3.63) is 24.0 Å². The van der Waals surface area contributed by atoms with E-state index in [0.29, 0.717) is 12.3 Å². The fourth-order valence-corrected chi connectivity index (χ4v) is 1.39. The number of halogens is 1. The molecule has 0 radical (unpaired) electrons. The van der Waals surface area contributed by atoms with Gasteiger partial charge in [0.2, 0.25) is 5.91 Å². The summed E-state index contributed by atoms with van der Waals surface area (Å²) in [5, 5.41) is 2.49. The second-order valence-corrected chi connectivity index (χ2v) is 3.70. The summed E-state index contributed by atoms with van der Waals surface area (Å²) in [6.45, 7) is 2.11. The van der Waals surface area contributed by atoms with E-state index in [1.807, 2.05) is 0 Å². The lowest BCUT2D eigenvalue weighted by Crippen LogP contribution is -2.14. The van der Waals surface area contributed by atoms with Gasteiger partial charge in [-0.1, -0.05) is 0 Å². The maximum Gasteiger partial charge on any atom is 0.306 e. The van der Waals surface area contributed by atoms with E-state index in [2.05, 4.69) is 10.1 Å². The third kappa shape index (κ3) is 4.95. The number of esters is 1. The van der Waals surface area contributed by atoms with Gasteiger partial charge in [-0.15, -0.1) is 0 Å². The zero-order valence-corrected chi connectivity index (χ0v) is 10.9. The van der Waals surface area contributed by atoms with E-state index in [1.54, 1.807) is 6.92 Å². The summed E-state index contributed by atoms with van der Waals surface area (Å²) < 4.78 is 23.0. The smallest absolute Gasteiger partial charge is 0.306 e. The highest BCUT2D eigenvalue weighted by Gasteiger charge is 2.09. The SMILES string of the molecule is CCOc1ccc(NC(=O)CCC(=O)OC)cc1F. The summed E-state index contributed by atoms with van der Waals surface area (Å²) >= 11 is 0. The Morgan fingerprint density at radius 1 is 1.32 bits per heavy atom. The number of hydrogen-bond acceptors (Lipinski definition) is 4. The van der Waals surface area contributed by atoms with E-state index < -0.39 is 11.8 Å². The second kappa shape index (κ2) is 7.35. The number of rotatable bonds is 6. The van der Waals surface area contributed by atoms with Crippen molar-refractivity contribution < 1.29 is 23.5 Å². The lowest BCUT2D eigenvalue weighted by Gasteiger charge is -2.08. The second-order valence-electron chi connectivity index (χ2n) is 3.70. The van der Waals surface area contributed by atoms with Crippen molar-refractivity contribution in [2.75, 3.05) is 19.0 Å². The van der Waals surface area contributed by atoms with Crippen LogP contribution in [-0.4, -0.2) is 25.6 Å². The van der Waals surface area contributed by atoms with E-state index in [0.717, 1.165) is 0 Å². The van der Waals surface area contributed by atoms with E-state index in [1.165, 1.54) is 25.3 Å². The highest BCUT2D eigenvalue weighted by Crippen LogP contribution is 2.21. The Kier molecular flexibility index (Phi) is 5.78. The summed E-state index contributed by atoms with van der Waals surface area (Å²) in [6.07, 6.45) is -0.0245. The van der Waals surface area contributed by atoms with E-state index in [-0.39, 0.29) is 24.5 Å². The lowest BCUT2D eigenvalue weighted by atomic mass is 10.2. The summed E-state index contributed by atoms with van der Waals surface area (Å²) in [7, 11) is 1.25. The van der Waals surface area contributed by atoms with Crippen LogP contribution in [0.3, 0.4) is 0 Å². The first-order valence-corrected chi connectivity index (χ1v) is 5.85. The molecule has 0 saturated carbocycles. The summed E-state index contributed by atoms with van der Waals surface area (Å²) in [4.78, 5) is 22.3. The van der Waals surface area contributed by atoms with Gasteiger partial charge in [0, 0.05) is 18.2 Å². The maximum atomic E-state index is 13.5. The highest BCUT2D eigenvalue weighted by molar-refractivity contribution is 5.92. The molecule has 0 aliphatic rings. The van der Waals surface area contributed by atoms with E-state index >= 15 is 0 Å². The Bertz CT molecular complexity index is 462. The monoisotopic (exact) mass is 269 g/mol. The summed E-state index contributed by atoms with van der Waals surface area (Å²) in [5.74, 6) is -1.26. The predicted octanol–water partition coefficient (Wildman–Crippen LogP) is 2.12. The number of benzene rings is 1. The van der Waals surface area contributed by atoms with Crippen LogP contribution in [0.25, 0.3) is 0 Å². The normalized spacial score (nSPS) is 9.84. The minimum absolute atomic E-state index is 0.0121.